The molecule has 0 aromatic carbocycles. The van der Waals surface area contributed by atoms with Crippen molar-refractivity contribution in [3.8, 4) is 0 Å². The van der Waals surface area contributed by atoms with E-state index in [-0.39, 0.29) is 0 Å². The summed E-state index contributed by atoms with van der Waals surface area (Å²) in [5, 5.41) is 0. The minimum atomic E-state index is 0.544. The lowest BCUT2D eigenvalue weighted by Crippen LogP contribution is -2.27. The van der Waals surface area contributed by atoms with Crippen molar-refractivity contribution in [1.29, 1.82) is 0 Å². The predicted octanol–water partition coefficient (Wildman–Crippen LogP) is 4.49. The molecule has 1 fully saturated rings. The van der Waals surface area contributed by atoms with Gasteiger partial charge in [0, 0.05) is 0 Å². The molecule has 78 valence electrons. The van der Waals surface area contributed by atoms with E-state index in [1.807, 2.05) is 0 Å². The molecule has 0 N–H and O–H groups in total. The van der Waals surface area contributed by atoms with Gasteiger partial charge in [0.25, 0.3) is 0 Å². The fourth-order valence-corrected chi connectivity index (χ4v) is 2.65. The van der Waals surface area contributed by atoms with Crippen LogP contribution >= 0.6 is 0 Å². The normalized spacial score (nSPS) is 30.9. The molecule has 1 aliphatic carbocycles. The third kappa shape index (κ3) is 3.00. The molecule has 0 aromatic rings. The molecular formula is C13H26. The summed E-state index contributed by atoms with van der Waals surface area (Å²) >= 11 is 0. The molecule has 0 spiro atoms. The Hall–Kier alpha value is 0. The molecule has 0 heteroatoms. The molecule has 0 aliphatic heterocycles. The highest BCUT2D eigenvalue weighted by Crippen LogP contribution is 2.41. The van der Waals surface area contributed by atoms with Gasteiger partial charge in [0.15, 0.2) is 0 Å². The van der Waals surface area contributed by atoms with Crippen LogP contribution in [0.3, 0.4) is 0 Å². The molecule has 0 unspecified atom stereocenters. The van der Waals surface area contributed by atoms with E-state index in [2.05, 4.69) is 34.6 Å². The lowest BCUT2D eigenvalue weighted by molar-refractivity contribution is 0.132. The summed E-state index contributed by atoms with van der Waals surface area (Å²) < 4.78 is 0. The fourth-order valence-electron chi connectivity index (χ4n) is 2.65. The van der Waals surface area contributed by atoms with Crippen LogP contribution < -0.4 is 0 Å². The van der Waals surface area contributed by atoms with Gasteiger partial charge in [-0.3, -0.25) is 0 Å². The number of hydrogen-bond donors (Lipinski definition) is 0. The largest absolute Gasteiger partial charge is 0.0625 e. The molecule has 0 saturated heterocycles. The lowest BCUT2D eigenvalue weighted by Gasteiger charge is -2.38. The third-order valence-corrected chi connectivity index (χ3v) is 3.94. The Bertz CT molecular complexity index is 142. The monoisotopic (exact) mass is 182 g/mol. The zero-order valence-corrected chi connectivity index (χ0v) is 10.1. The molecule has 0 aromatic heterocycles. The Labute approximate surface area is 84.1 Å². The van der Waals surface area contributed by atoms with Gasteiger partial charge in [-0.25, -0.2) is 0 Å². The average molecular weight is 182 g/mol. The third-order valence-electron chi connectivity index (χ3n) is 3.94. The Balaban J connectivity index is 2.39. The van der Waals surface area contributed by atoms with Gasteiger partial charge in [-0.1, -0.05) is 34.6 Å². The van der Waals surface area contributed by atoms with Gasteiger partial charge in [0.2, 0.25) is 0 Å². The first-order valence-electron chi connectivity index (χ1n) is 5.91. The second kappa shape index (κ2) is 4.02. The zero-order valence-electron chi connectivity index (χ0n) is 10.1. The predicted molar refractivity (Wildman–Crippen MR) is 59.7 cm³/mol. The van der Waals surface area contributed by atoms with Crippen LogP contribution in [0.25, 0.3) is 0 Å². The topological polar surface area (TPSA) is 0 Å². The summed E-state index contributed by atoms with van der Waals surface area (Å²) in [4.78, 5) is 0. The van der Waals surface area contributed by atoms with Crippen molar-refractivity contribution in [2.24, 2.45) is 23.2 Å². The van der Waals surface area contributed by atoms with Gasteiger partial charge in [-0.15, -0.1) is 0 Å². The highest BCUT2D eigenvalue weighted by atomic mass is 14.4. The van der Waals surface area contributed by atoms with Crippen LogP contribution in [0.1, 0.15) is 60.3 Å². The van der Waals surface area contributed by atoms with Crippen molar-refractivity contribution in [2.45, 2.75) is 60.3 Å². The van der Waals surface area contributed by atoms with Gasteiger partial charge in [-0.05, 0) is 48.9 Å². The van der Waals surface area contributed by atoms with Gasteiger partial charge in [0.05, 0.1) is 0 Å². The second-order valence-electron chi connectivity index (χ2n) is 6.22. The van der Waals surface area contributed by atoms with E-state index in [1.165, 1.54) is 25.7 Å². The van der Waals surface area contributed by atoms with Crippen molar-refractivity contribution < 1.29 is 0 Å². The van der Waals surface area contributed by atoms with Crippen molar-refractivity contribution in [2.75, 3.05) is 0 Å². The Morgan fingerprint density at radius 2 is 1.38 bits per heavy atom. The van der Waals surface area contributed by atoms with Crippen LogP contribution in [0, 0.1) is 23.2 Å². The molecular weight excluding hydrogens is 156 g/mol. The highest BCUT2D eigenvalue weighted by Gasteiger charge is 2.30. The SMILES string of the molecule is CC(C)C1CCC(C(C)(C)C)CC1. The van der Waals surface area contributed by atoms with E-state index in [4.69, 9.17) is 0 Å². The molecule has 1 saturated carbocycles. The van der Waals surface area contributed by atoms with Crippen molar-refractivity contribution in [3.63, 3.8) is 0 Å². The van der Waals surface area contributed by atoms with Crippen molar-refractivity contribution >= 4 is 0 Å². The lowest BCUT2D eigenvalue weighted by atomic mass is 9.68. The molecule has 0 nitrogen and oxygen atoms in total. The Morgan fingerprint density at radius 1 is 0.923 bits per heavy atom. The van der Waals surface area contributed by atoms with Gasteiger partial charge >= 0.3 is 0 Å². The second-order valence-corrected chi connectivity index (χ2v) is 6.22. The zero-order chi connectivity index (χ0) is 10.1. The van der Waals surface area contributed by atoms with E-state index in [0.29, 0.717) is 5.41 Å². The van der Waals surface area contributed by atoms with Crippen LogP contribution in [0.5, 0.6) is 0 Å². The molecule has 0 bridgehead atoms. The summed E-state index contributed by atoms with van der Waals surface area (Å²) in [5.74, 6) is 2.89. The van der Waals surface area contributed by atoms with Crippen LogP contribution in [-0.4, -0.2) is 0 Å². The van der Waals surface area contributed by atoms with E-state index >= 15 is 0 Å². The van der Waals surface area contributed by atoms with E-state index < -0.39 is 0 Å². The van der Waals surface area contributed by atoms with Gasteiger partial charge in [-0.2, -0.15) is 0 Å². The smallest absolute Gasteiger partial charge is 0.0354 e. The summed E-state index contributed by atoms with van der Waals surface area (Å²) in [5.41, 5.74) is 0.544. The molecule has 1 aliphatic rings. The van der Waals surface area contributed by atoms with Crippen LogP contribution in [-0.2, 0) is 0 Å². The average Bonchev–Trinajstić information content (AvgIpc) is 2.03. The minimum absolute atomic E-state index is 0.544. The maximum absolute atomic E-state index is 2.40. The van der Waals surface area contributed by atoms with Crippen molar-refractivity contribution in [3.05, 3.63) is 0 Å². The molecule has 0 heterocycles. The first kappa shape index (κ1) is 11.1. The first-order valence-corrected chi connectivity index (χ1v) is 5.91. The van der Waals surface area contributed by atoms with Crippen LogP contribution in [0.4, 0.5) is 0 Å². The molecule has 0 atom stereocenters. The number of hydrogen-bond acceptors (Lipinski definition) is 0. The molecule has 0 amide bonds. The maximum Gasteiger partial charge on any atom is -0.0354 e. The van der Waals surface area contributed by atoms with Gasteiger partial charge in [0.1, 0.15) is 0 Å². The molecule has 13 heavy (non-hydrogen) atoms. The van der Waals surface area contributed by atoms with E-state index in [1.54, 1.807) is 0 Å². The minimum Gasteiger partial charge on any atom is -0.0625 e. The molecule has 1 rings (SSSR count). The van der Waals surface area contributed by atoms with E-state index in [9.17, 15) is 0 Å². The molecule has 0 radical (unpaired) electrons. The van der Waals surface area contributed by atoms with Gasteiger partial charge < -0.3 is 0 Å². The van der Waals surface area contributed by atoms with E-state index in [0.717, 1.165) is 17.8 Å². The summed E-state index contributed by atoms with van der Waals surface area (Å²) in [6, 6.07) is 0. The van der Waals surface area contributed by atoms with Crippen LogP contribution in [0.15, 0.2) is 0 Å². The fraction of sp³-hybridized carbons (Fsp3) is 1.00. The van der Waals surface area contributed by atoms with Crippen molar-refractivity contribution in [1.82, 2.24) is 0 Å². The Morgan fingerprint density at radius 3 is 1.69 bits per heavy atom. The van der Waals surface area contributed by atoms with Crippen LogP contribution in [0.2, 0.25) is 0 Å². The summed E-state index contributed by atoms with van der Waals surface area (Å²) in [7, 11) is 0. The summed E-state index contributed by atoms with van der Waals surface area (Å²) in [6.07, 6.45) is 5.87. The maximum atomic E-state index is 2.40. The summed E-state index contributed by atoms with van der Waals surface area (Å²) in [6.45, 7) is 11.9. The quantitative estimate of drug-likeness (QED) is 0.560. The Kier molecular flexibility index (Phi) is 3.43. The standard InChI is InChI=1S/C13H26/c1-10(2)11-6-8-12(9-7-11)13(3,4)5/h10-12H,6-9H2,1-5H3. The highest BCUT2D eigenvalue weighted by molar-refractivity contribution is 4.81. The number of rotatable bonds is 1. The first-order chi connectivity index (χ1) is 5.91.